The molecule has 1 aromatic rings. The van der Waals surface area contributed by atoms with Gasteiger partial charge in [-0.25, -0.2) is 0 Å². The molecule has 1 N–H and O–H groups in total. The predicted molar refractivity (Wildman–Crippen MR) is 83.2 cm³/mol. The lowest BCUT2D eigenvalue weighted by Crippen LogP contribution is -2.16. The van der Waals surface area contributed by atoms with Gasteiger partial charge >= 0.3 is 0 Å². The summed E-state index contributed by atoms with van der Waals surface area (Å²) in [5, 5.41) is 4.78. The Balaban J connectivity index is 3.04. The zero-order chi connectivity index (χ0) is 13.4. The van der Waals surface area contributed by atoms with Crippen LogP contribution >= 0.6 is 0 Å². The third-order valence-electron chi connectivity index (χ3n) is 3.36. The molecule has 0 aliphatic carbocycles. The molecule has 0 unspecified atom stereocenters. The van der Waals surface area contributed by atoms with Crippen LogP contribution < -0.4 is 10.5 Å². The molecule has 18 heavy (non-hydrogen) atoms. The molecule has 0 spiro atoms. The Labute approximate surface area is 116 Å². The minimum absolute atomic E-state index is 0.993. The summed E-state index contributed by atoms with van der Waals surface area (Å²) in [5.41, 5.74) is 4.37. The summed E-state index contributed by atoms with van der Waals surface area (Å²) in [6.07, 6.45) is 7.43. The molecule has 0 aromatic heterocycles. The predicted octanol–water partition coefficient (Wildman–Crippen LogP) is 3.60. The molecule has 0 fully saturated rings. The van der Waals surface area contributed by atoms with E-state index in [4.69, 9.17) is 0 Å². The summed E-state index contributed by atoms with van der Waals surface area (Å²) in [4.78, 5) is 0. The second kappa shape index (κ2) is 8.36. The Hall–Kier alpha value is -0.763. The average Bonchev–Trinajstić information content (AvgIpc) is 2.38. The number of anilines is 1. The number of unbranched alkanes of at least 4 members (excludes halogenated alkanes) is 2. The van der Waals surface area contributed by atoms with Crippen LogP contribution in [0.1, 0.15) is 57.6 Å². The van der Waals surface area contributed by atoms with Crippen molar-refractivity contribution in [3.05, 3.63) is 23.3 Å². The number of hydrogen-bond acceptors (Lipinski definition) is 1. The van der Waals surface area contributed by atoms with Crippen molar-refractivity contribution in [3.8, 4) is 0 Å². The summed E-state index contributed by atoms with van der Waals surface area (Å²) in [7, 11) is 3.78. The summed E-state index contributed by atoms with van der Waals surface area (Å²) >= 11 is 0. The smallest absolute Gasteiger partial charge is 0.0715 e. The van der Waals surface area contributed by atoms with Crippen molar-refractivity contribution < 1.29 is 0 Å². The number of nitrogens with one attached hydrogen (secondary N) is 1. The molecule has 0 bridgehead atoms. The highest BCUT2D eigenvalue weighted by Crippen LogP contribution is 2.22. The number of rotatable bonds is 8. The maximum Gasteiger partial charge on any atom is 0.0715 e. The molecular weight excluding hydrogens is 234 g/mol. The van der Waals surface area contributed by atoms with Crippen LogP contribution in [-0.2, 0) is 12.8 Å². The van der Waals surface area contributed by atoms with Gasteiger partial charge in [0, 0.05) is 12.2 Å². The summed E-state index contributed by atoms with van der Waals surface area (Å²) in [6, 6.07) is 4.40. The second-order valence-corrected chi connectivity index (χ2v) is 5.39. The van der Waals surface area contributed by atoms with E-state index in [2.05, 4.69) is 48.5 Å². The van der Waals surface area contributed by atoms with E-state index < -0.39 is 0 Å². The van der Waals surface area contributed by atoms with Crippen molar-refractivity contribution in [1.82, 2.24) is 0 Å². The standard InChI is InChI=1S/C16H26NSi/c1-4-7-9-13-14(10-8-5-2)16(18)12-11-15(13)17-6-3/h11-12,17H,4-10H2,1-3H3. The van der Waals surface area contributed by atoms with Crippen molar-refractivity contribution in [3.63, 3.8) is 0 Å². The van der Waals surface area contributed by atoms with Crippen LogP contribution in [0.3, 0.4) is 0 Å². The molecule has 1 nitrogen and oxygen atoms in total. The van der Waals surface area contributed by atoms with Crippen molar-refractivity contribution in [2.45, 2.75) is 59.3 Å². The first-order chi connectivity index (χ1) is 8.74. The summed E-state index contributed by atoms with van der Waals surface area (Å²) in [5.74, 6) is 0. The Morgan fingerprint density at radius 3 is 2.11 bits per heavy atom. The van der Waals surface area contributed by atoms with E-state index in [0.29, 0.717) is 0 Å². The Kier molecular flexibility index (Phi) is 7.10. The first-order valence-electron chi connectivity index (χ1n) is 7.34. The molecule has 1 rings (SSSR count). The van der Waals surface area contributed by atoms with Crippen LogP contribution in [0.25, 0.3) is 0 Å². The van der Waals surface area contributed by atoms with Gasteiger partial charge in [-0.2, -0.15) is 0 Å². The Bertz CT molecular complexity index is 360. The first kappa shape index (κ1) is 15.3. The molecule has 0 aliphatic heterocycles. The van der Waals surface area contributed by atoms with Gasteiger partial charge in [0.2, 0.25) is 0 Å². The zero-order valence-electron chi connectivity index (χ0n) is 12.1. The van der Waals surface area contributed by atoms with Crippen LogP contribution in [0.5, 0.6) is 0 Å². The number of hydrogen-bond donors (Lipinski definition) is 1. The van der Waals surface area contributed by atoms with Gasteiger partial charge in [0.1, 0.15) is 0 Å². The summed E-state index contributed by atoms with van der Waals surface area (Å²) < 4.78 is 0. The molecule has 1 aromatic carbocycles. The SMILES string of the molecule is CCCCc1c([Si])ccc(NCC)c1CCCC. The van der Waals surface area contributed by atoms with E-state index >= 15 is 0 Å². The van der Waals surface area contributed by atoms with E-state index in [1.165, 1.54) is 60.5 Å². The van der Waals surface area contributed by atoms with E-state index in [1.807, 2.05) is 0 Å². The van der Waals surface area contributed by atoms with E-state index in [-0.39, 0.29) is 0 Å². The fraction of sp³-hybridized carbons (Fsp3) is 0.625. The zero-order valence-corrected chi connectivity index (χ0v) is 13.1. The van der Waals surface area contributed by atoms with Crippen LogP contribution in [0.4, 0.5) is 5.69 Å². The lowest BCUT2D eigenvalue weighted by molar-refractivity contribution is 0.761. The molecule has 2 heteroatoms. The lowest BCUT2D eigenvalue weighted by Gasteiger charge is -2.18. The largest absolute Gasteiger partial charge is 0.385 e. The lowest BCUT2D eigenvalue weighted by atomic mass is 9.96. The fourth-order valence-electron chi connectivity index (χ4n) is 2.33. The minimum atomic E-state index is 0.993. The third-order valence-corrected chi connectivity index (χ3v) is 3.83. The highest BCUT2D eigenvalue weighted by molar-refractivity contribution is 6.33. The van der Waals surface area contributed by atoms with Crippen LogP contribution in [0, 0.1) is 0 Å². The average molecular weight is 260 g/mol. The molecule has 0 amide bonds. The first-order valence-corrected chi connectivity index (χ1v) is 7.84. The van der Waals surface area contributed by atoms with Gasteiger partial charge in [-0.3, -0.25) is 0 Å². The Morgan fingerprint density at radius 1 is 0.944 bits per heavy atom. The maximum absolute atomic E-state index is 3.78. The second-order valence-electron chi connectivity index (χ2n) is 4.86. The van der Waals surface area contributed by atoms with Gasteiger partial charge < -0.3 is 5.32 Å². The summed E-state index contributed by atoms with van der Waals surface area (Å²) in [6.45, 7) is 7.67. The molecule has 0 saturated heterocycles. The van der Waals surface area contributed by atoms with E-state index in [9.17, 15) is 0 Å². The molecule has 0 aliphatic rings. The topological polar surface area (TPSA) is 12.0 Å². The molecule has 0 atom stereocenters. The monoisotopic (exact) mass is 260 g/mol. The molecular formula is C16H26NSi. The maximum atomic E-state index is 3.78. The molecule has 3 radical (unpaired) electrons. The third kappa shape index (κ3) is 4.16. The van der Waals surface area contributed by atoms with Gasteiger partial charge in [0.25, 0.3) is 0 Å². The van der Waals surface area contributed by atoms with Gasteiger partial charge in [0.05, 0.1) is 10.2 Å². The van der Waals surface area contributed by atoms with Gasteiger partial charge in [-0.15, -0.1) is 0 Å². The van der Waals surface area contributed by atoms with E-state index in [1.54, 1.807) is 0 Å². The quantitative estimate of drug-likeness (QED) is 0.704. The normalized spacial score (nSPS) is 10.7. The van der Waals surface area contributed by atoms with Gasteiger partial charge in [0.15, 0.2) is 0 Å². The van der Waals surface area contributed by atoms with Crippen molar-refractivity contribution in [2.24, 2.45) is 0 Å². The Morgan fingerprint density at radius 2 is 1.56 bits per heavy atom. The van der Waals surface area contributed by atoms with Crippen molar-refractivity contribution in [1.29, 1.82) is 0 Å². The molecule has 99 valence electrons. The van der Waals surface area contributed by atoms with Crippen LogP contribution in [-0.4, -0.2) is 16.8 Å². The van der Waals surface area contributed by atoms with Crippen molar-refractivity contribution in [2.75, 3.05) is 11.9 Å². The minimum Gasteiger partial charge on any atom is -0.385 e. The van der Waals surface area contributed by atoms with Crippen LogP contribution in [0.15, 0.2) is 12.1 Å². The molecule has 0 heterocycles. The van der Waals surface area contributed by atoms with Crippen LogP contribution in [0.2, 0.25) is 0 Å². The van der Waals surface area contributed by atoms with E-state index in [0.717, 1.165) is 6.54 Å². The van der Waals surface area contributed by atoms with Gasteiger partial charge in [-0.05, 0) is 49.8 Å². The van der Waals surface area contributed by atoms with Crippen molar-refractivity contribution >= 4 is 21.1 Å². The van der Waals surface area contributed by atoms with Gasteiger partial charge in [-0.1, -0.05) is 37.9 Å². The number of benzene rings is 1. The highest BCUT2D eigenvalue weighted by Gasteiger charge is 2.10. The fourth-order valence-corrected chi connectivity index (χ4v) is 2.69. The highest BCUT2D eigenvalue weighted by atomic mass is 28.1. The molecule has 0 saturated carbocycles.